The van der Waals surface area contributed by atoms with E-state index in [1.54, 1.807) is 0 Å². The van der Waals surface area contributed by atoms with Crippen LogP contribution in [0, 0.1) is 26.7 Å². The Hall–Kier alpha value is -1.35. The average molecular weight is 248 g/mol. The smallest absolute Gasteiger partial charge is 0.220 e. The second-order valence-electron chi connectivity index (χ2n) is 5.11. The number of carbonyl (C=O) groups is 1. The first-order chi connectivity index (χ1) is 8.45. The van der Waals surface area contributed by atoms with Gasteiger partial charge in [-0.25, -0.2) is 0 Å². The van der Waals surface area contributed by atoms with Crippen molar-refractivity contribution in [3.8, 4) is 0 Å². The van der Waals surface area contributed by atoms with Gasteiger partial charge in [0.05, 0.1) is 0 Å². The number of aryl methyl sites for hydroxylation is 1. The molecule has 0 aliphatic carbocycles. The Morgan fingerprint density at radius 1 is 1.28 bits per heavy atom. The monoisotopic (exact) mass is 248 g/mol. The summed E-state index contributed by atoms with van der Waals surface area (Å²) >= 11 is 0. The van der Waals surface area contributed by atoms with Gasteiger partial charge in [-0.05, 0) is 55.5 Å². The molecule has 0 aliphatic heterocycles. The van der Waals surface area contributed by atoms with Crippen LogP contribution >= 0.6 is 0 Å². The van der Waals surface area contributed by atoms with Crippen LogP contribution in [-0.2, 0) is 11.3 Å². The number of rotatable bonds is 5. The van der Waals surface area contributed by atoms with E-state index in [1.807, 2.05) is 6.92 Å². The van der Waals surface area contributed by atoms with Crippen molar-refractivity contribution in [3.05, 3.63) is 34.4 Å². The zero-order chi connectivity index (χ0) is 13.7. The van der Waals surface area contributed by atoms with Gasteiger partial charge in [-0.3, -0.25) is 4.79 Å². The summed E-state index contributed by atoms with van der Waals surface area (Å²) in [7, 11) is 0. The van der Waals surface area contributed by atoms with Gasteiger partial charge in [0.2, 0.25) is 5.91 Å². The molecule has 1 rings (SSSR count). The van der Waals surface area contributed by atoms with Crippen molar-refractivity contribution in [2.24, 2.45) is 11.7 Å². The van der Waals surface area contributed by atoms with Crippen molar-refractivity contribution in [1.82, 2.24) is 5.32 Å². The minimum atomic E-state index is 0.0746. The molecule has 0 aliphatic rings. The maximum Gasteiger partial charge on any atom is 0.220 e. The molecule has 1 atom stereocenters. The predicted octanol–water partition coefficient (Wildman–Crippen LogP) is 2.21. The fraction of sp³-hybridized carbons (Fsp3) is 0.533. The third kappa shape index (κ3) is 3.84. The molecule has 1 amide bonds. The number of carbonyl (C=O) groups excluding carboxylic acids is 1. The lowest BCUT2D eigenvalue weighted by Gasteiger charge is -2.13. The van der Waals surface area contributed by atoms with E-state index in [9.17, 15) is 4.79 Å². The van der Waals surface area contributed by atoms with Crippen LogP contribution in [-0.4, -0.2) is 12.5 Å². The first-order valence-corrected chi connectivity index (χ1v) is 6.48. The van der Waals surface area contributed by atoms with Gasteiger partial charge in [-0.1, -0.05) is 19.1 Å². The fourth-order valence-corrected chi connectivity index (χ4v) is 1.87. The normalized spacial score (nSPS) is 12.3. The lowest BCUT2D eigenvalue weighted by Crippen LogP contribution is -2.27. The van der Waals surface area contributed by atoms with E-state index in [0.717, 1.165) is 0 Å². The van der Waals surface area contributed by atoms with Gasteiger partial charge < -0.3 is 11.1 Å². The van der Waals surface area contributed by atoms with Crippen molar-refractivity contribution in [2.75, 3.05) is 6.54 Å². The fourth-order valence-electron chi connectivity index (χ4n) is 1.87. The molecule has 18 heavy (non-hydrogen) atoms. The summed E-state index contributed by atoms with van der Waals surface area (Å²) in [5.74, 6) is 0.316. The maximum absolute atomic E-state index is 11.7. The van der Waals surface area contributed by atoms with Gasteiger partial charge in [-0.15, -0.1) is 0 Å². The van der Waals surface area contributed by atoms with Crippen molar-refractivity contribution in [1.29, 1.82) is 0 Å². The Balaban J connectivity index is 2.59. The zero-order valence-electron chi connectivity index (χ0n) is 11.8. The highest BCUT2D eigenvalue weighted by molar-refractivity contribution is 5.76. The molecular weight excluding hydrogens is 224 g/mol. The Morgan fingerprint density at radius 3 is 2.56 bits per heavy atom. The third-order valence-electron chi connectivity index (χ3n) is 3.58. The SMILES string of the molecule is Cc1ccc(CNC(=O)CC(C)CN)c(C)c1C. The van der Waals surface area contributed by atoms with E-state index in [1.165, 1.54) is 22.3 Å². The predicted molar refractivity (Wildman–Crippen MR) is 75.3 cm³/mol. The first kappa shape index (κ1) is 14.7. The number of hydrogen-bond donors (Lipinski definition) is 2. The van der Waals surface area contributed by atoms with Crippen LogP contribution in [0.15, 0.2) is 12.1 Å². The summed E-state index contributed by atoms with van der Waals surface area (Å²) < 4.78 is 0. The third-order valence-corrected chi connectivity index (χ3v) is 3.58. The average Bonchev–Trinajstić information content (AvgIpc) is 2.35. The Labute approximate surface area is 110 Å². The number of hydrogen-bond acceptors (Lipinski definition) is 2. The molecule has 100 valence electrons. The second kappa shape index (κ2) is 6.55. The van der Waals surface area contributed by atoms with E-state index < -0.39 is 0 Å². The largest absolute Gasteiger partial charge is 0.352 e. The summed E-state index contributed by atoms with van der Waals surface area (Å²) in [5, 5.41) is 2.96. The van der Waals surface area contributed by atoms with Crippen LogP contribution in [0.25, 0.3) is 0 Å². The van der Waals surface area contributed by atoms with Crippen molar-refractivity contribution in [3.63, 3.8) is 0 Å². The molecule has 0 saturated heterocycles. The molecule has 1 unspecified atom stereocenters. The van der Waals surface area contributed by atoms with Gasteiger partial charge in [0.25, 0.3) is 0 Å². The van der Waals surface area contributed by atoms with Gasteiger partial charge >= 0.3 is 0 Å². The van der Waals surface area contributed by atoms with Crippen LogP contribution < -0.4 is 11.1 Å². The molecule has 0 spiro atoms. The lowest BCUT2D eigenvalue weighted by molar-refractivity contribution is -0.122. The second-order valence-corrected chi connectivity index (χ2v) is 5.11. The Bertz CT molecular complexity index is 427. The summed E-state index contributed by atoms with van der Waals surface area (Å²) in [4.78, 5) is 11.7. The van der Waals surface area contributed by atoms with E-state index in [-0.39, 0.29) is 11.8 Å². The molecule has 0 saturated carbocycles. The standard InChI is InChI=1S/C15H24N2O/c1-10(8-16)7-15(18)17-9-14-6-5-11(2)12(3)13(14)4/h5-6,10H,7-9,16H2,1-4H3,(H,17,18). The summed E-state index contributed by atoms with van der Waals surface area (Å²) in [5.41, 5.74) is 10.6. The highest BCUT2D eigenvalue weighted by atomic mass is 16.1. The van der Waals surface area contributed by atoms with Crippen molar-refractivity contribution in [2.45, 2.75) is 40.7 Å². The topological polar surface area (TPSA) is 55.1 Å². The van der Waals surface area contributed by atoms with Crippen LogP contribution in [0.5, 0.6) is 0 Å². The number of nitrogens with two attached hydrogens (primary N) is 1. The molecule has 3 nitrogen and oxygen atoms in total. The minimum absolute atomic E-state index is 0.0746. The van der Waals surface area contributed by atoms with Gasteiger partial charge in [0.15, 0.2) is 0 Å². The lowest BCUT2D eigenvalue weighted by atomic mass is 9.99. The molecule has 0 bridgehead atoms. The summed E-state index contributed by atoms with van der Waals surface area (Å²) in [6.45, 7) is 9.46. The van der Waals surface area contributed by atoms with E-state index in [0.29, 0.717) is 19.5 Å². The maximum atomic E-state index is 11.7. The number of amides is 1. The quantitative estimate of drug-likeness (QED) is 0.839. The Kier molecular flexibility index (Phi) is 5.35. The molecule has 3 heteroatoms. The molecule has 1 aromatic carbocycles. The highest BCUT2D eigenvalue weighted by Gasteiger charge is 2.08. The Morgan fingerprint density at radius 2 is 1.94 bits per heavy atom. The molecule has 0 radical (unpaired) electrons. The molecule has 0 fully saturated rings. The molecule has 1 aromatic rings. The van der Waals surface area contributed by atoms with E-state index >= 15 is 0 Å². The van der Waals surface area contributed by atoms with E-state index in [2.05, 4.69) is 38.2 Å². The van der Waals surface area contributed by atoms with Gasteiger partial charge in [0, 0.05) is 13.0 Å². The molecule has 3 N–H and O–H groups in total. The minimum Gasteiger partial charge on any atom is -0.352 e. The molecule has 0 aromatic heterocycles. The first-order valence-electron chi connectivity index (χ1n) is 6.48. The van der Waals surface area contributed by atoms with Crippen LogP contribution in [0.2, 0.25) is 0 Å². The molecule has 0 heterocycles. The number of nitrogens with one attached hydrogen (secondary N) is 1. The van der Waals surface area contributed by atoms with Gasteiger partial charge in [-0.2, -0.15) is 0 Å². The van der Waals surface area contributed by atoms with Gasteiger partial charge in [0.1, 0.15) is 0 Å². The zero-order valence-corrected chi connectivity index (χ0v) is 11.8. The van der Waals surface area contributed by atoms with Crippen LogP contribution in [0.3, 0.4) is 0 Å². The number of benzene rings is 1. The molecular formula is C15H24N2O. The highest BCUT2D eigenvalue weighted by Crippen LogP contribution is 2.16. The summed E-state index contributed by atoms with van der Waals surface area (Å²) in [6, 6.07) is 4.19. The van der Waals surface area contributed by atoms with Crippen molar-refractivity contribution < 1.29 is 4.79 Å². The van der Waals surface area contributed by atoms with Crippen molar-refractivity contribution >= 4 is 5.91 Å². The van der Waals surface area contributed by atoms with Crippen LogP contribution in [0.1, 0.15) is 35.6 Å². The van der Waals surface area contributed by atoms with Crippen LogP contribution in [0.4, 0.5) is 0 Å². The summed E-state index contributed by atoms with van der Waals surface area (Å²) in [6.07, 6.45) is 0.500. The van der Waals surface area contributed by atoms with E-state index in [4.69, 9.17) is 5.73 Å².